The monoisotopic (exact) mass is 298 g/mol. The van der Waals surface area contributed by atoms with Crippen molar-refractivity contribution < 1.29 is 0 Å². The second-order valence-corrected chi connectivity index (χ2v) is 5.86. The Bertz CT molecular complexity index is 837. The Morgan fingerprint density at radius 1 is 1.17 bits per heavy atom. The van der Waals surface area contributed by atoms with E-state index in [0.29, 0.717) is 12.8 Å². The molecule has 1 atom stereocenters. The van der Waals surface area contributed by atoms with E-state index >= 15 is 0 Å². The van der Waals surface area contributed by atoms with Crippen LogP contribution in [0.4, 0.5) is 0 Å². The lowest BCUT2D eigenvalue weighted by Crippen LogP contribution is -2.26. The largest absolute Gasteiger partial charge is 0.197 e. The first kappa shape index (κ1) is 16.4. The Morgan fingerprint density at radius 3 is 2.43 bits per heavy atom. The van der Waals surface area contributed by atoms with Crippen LogP contribution in [0.1, 0.15) is 31.2 Å². The van der Waals surface area contributed by atoms with Crippen LogP contribution in [0.25, 0.3) is 10.8 Å². The van der Waals surface area contributed by atoms with Gasteiger partial charge in [0.2, 0.25) is 0 Å². The normalized spacial score (nSPS) is 11.9. The van der Waals surface area contributed by atoms with Crippen LogP contribution in [-0.4, -0.2) is 0 Å². The summed E-state index contributed by atoms with van der Waals surface area (Å²) in [5.41, 5.74) is 0.545. The summed E-state index contributed by atoms with van der Waals surface area (Å²) in [4.78, 5) is 0. The van der Waals surface area contributed by atoms with Crippen molar-refractivity contribution in [1.82, 2.24) is 0 Å². The molecule has 0 spiro atoms. The molecule has 2 aromatic rings. The molecule has 0 saturated carbocycles. The molecular weight excluding hydrogens is 280 g/mol. The van der Waals surface area contributed by atoms with Gasteiger partial charge >= 0.3 is 0 Å². The maximum atomic E-state index is 9.77. The summed E-state index contributed by atoms with van der Waals surface area (Å²) in [6, 6.07) is 18.3. The van der Waals surface area contributed by atoms with Gasteiger partial charge in [-0.3, -0.25) is 0 Å². The number of benzene rings is 2. The van der Waals surface area contributed by atoms with Crippen LogP contribution in [0.3, 0.4) is 0 Å². The molecule has 0 heterocycles. The molecule has 0 fully saturated rings. The first-order valence-corrected chi connectivity index (χ1v) is 7.46. The van der Waals surface area contributed by atoms with Gasteiger partial charge in [-0.2, -0.15) is 10.5 Å². The van der Waals surface area contributed by atoms with Crippen LogP contribution in [0.5, 0.6) is 0 Å². The van der Waals surface area contributed by atoms with Gasteiger partial charge in [0.05, 0.1) is 12.1 Å². The highest BCUT2D eigenvalue weighted by Gasteiger charge is 2.40. The summed E-state index contributed by atoms with van der Waals surface area (Å²) in [6.45, 7) is 5.71. The molecule has 0 aromatic heterocycles. The van der Waals surface area contributed by atoms with Crippen molar-refractivity contribution in [3.63, 3.8) is 0 Å². The van der Waals surface area contributed by atoms with E-state index in [0.717, 1.165) is 21.9 Å². The minimum Gasteiger partial charge on any atom is -0.197 e. The molecule has 0 aliphatic carbocycles. The van der Waals surface area contributed by atoms with Crippen molar-refractivity contribution >= 4 is 10.8 Å². The maximum Gasteiger partial charge on any atom is 0.155 e. The lowest BCUT2D eigenvalue weighted by atomic mass is 9.68. The second-order valence-electron chi connectivity index (χ2n) is 5.86. The zero-order valence-electron chi connectivity index (χ0n) is 13.2. The molecule has 0 N–H and O–H groups in total. The number of nitrogens with zero attached hydrogens (tertiary/aromatic N) is 2. The fraction of sp³-hybridized carbons (Fsp3) is 0.238. The Hall–Kier alpha value is -3.02. The number of fused-ring (bicyclic) bond motifs is 1. The highest BCUT2D eigenvalue weighted by molar-refractivity contribution is 5.86. The van der Waals surface area contributed by atoms with Crippen molar-refractivity contribution in [1.29, 1.82) is 10.5 Å². The van der Waals surface area contributed by atoms with E-state index in [1.807, 2.05) is 49.4 Å². The molecule has 2 aromatic carbocycles. The molecule has 2 rings (SSSR count). The molecule has 2 heteroatoms. The van der Waals surface area contributed by atoms with Crippen molar-refractivity contribution in [2.75, 3.05) is 0 Å². The molecule has 0 aliphatic rings. The third-order valence-electron chi connectivity index (χ3n) is 4.10. The van der Waals surface area contributed by atoms with Gasteiger partial charge in [0.15, 0.2) is 5.41 Å². The van der Waals surface area contributed by atoms with Gasteiger partial charge in [-0.1, -0.05) is 48.0 Å². The summed E-state index contributed by atoms with van der Waals surface area (Å²) >= 11 is 0. The van der Waals surface area contributed by atoms with E-state index in [1.54, 1.807) is 0 Å². The smallest absolute Gasteiger partial charge is 0.155 e. The predicted molar refractivity (Wildman–Crippen MR) is 93.2 cm³/mol. The second kappa shape index (κ2) is 6.83. The Kier molecular flexibility index (Phi) is 4.85. The summed E-state index contributed by atoms with van der Waals surface area (Å²) < 4.78 is 0. The van der Waals surface area contributed by atoms with Crippen molar-refractivity contribution in [3.8, 4) is 24.5 Å². The van der Waals surface area contributed by atoms with E-state index in [4.69, 9.17) is 6.42 Å². The minimum atomic E-state index is -1.21. The van der Waals surface area contributed by atoms with Crippen LogP contribution in [0.15, 0.2) is 54.6 Å². The minimum absolute atomic E-state index is 0.315. The molecule has 2 nitrogen and oxygen atoms in total. The number of hydrogen-bond donors (Lipinski definition) is 0. The van der Waals surface area contributed by atoms with Crippen LogP contribution in [0, 0.1) is 40.4 Å². The van der Waals surface area contributed by atoms with Gasteiger partial charge in [-0.25, -0.2) is 0 Å². The number of hydrogen-bond acceptors (Lipinski definition) is 2. The van der Waals surface area contributed by atoms with Crippen LogP contribution in [-0.2, 0) is 0 Å². The first-order chi connectivity index (χ1) is 11.1. The standard InChI is InChI=1S/C21H18N2/c1-4-8-20(21(14-22,15-23)13-16(2)3)19-12-7-10-17-9-5-6-11-18(17)19/h1,5-7,9-12,20H,2,8,13H2,3H3. The zero-order valence-corrected chi connectivity index (χ0v) is 13.2. The highest BCUT2D eigenvalue weighted by atomic mass is 14.5. The molecular formula is C21H18N2. The molecule has 0 saturated heterocycles. The van der Waals surface area contributed by atoms with Gasteiger partial charge in [0.25, 0.3) is 0 Å². The molecule has 0 bridgehead atoms. The van der Waals surface area contributed by atoms with Gasteiger partial charge < -0.3 is 0 Å². The van der Waals surface area contributed by atoms with Crippen molar-refractivity contribution in [2.45, 2.75) is 25.7 Å². The van der Waals surface area contributed by atoms with E-state index in [9.17, 15) is 10.5 Å². The Balaban J connectivity index is 2.70. The van der Waals surface area contributed by atoms with Crippen LogP contribution < -0.4 is 0 Å². The van der Waals surface area contributed by atoms with E-state index < -0.39 is 5.41 Å². The van der Waals surface area contributed by atoms with E-state index in [2.05, 4.69) is 24.6 Å². The maximum absolute atomic E-state index is 9.77. The average Bonchev–Trinajstić information content (AvgIpc) is 2.57. The third kappa shape index (κ3) is 3.11. The molecule has 0 amide bonds. The van der Waals surface area contributed by atoms with Crippen molar-refractivity contribution in [2.24, 2.45) is 5.41 Å². The summed E-state index contributed by atoms with van der Waals surface area (Å²) in [5.74, 6) is 2.29. The molecule has 23 heavy (non-hydrogen) atoms. The Labute approximate surface area is 137 Å². The number of nitriles is 2. The topological polar surface area (TPSA) is 47.6 Å². The molecule has 112 valence electrons. The van der Waals surface area contributed by atoms with E-state index in [1.165, 1.54) is 0 Å². The lowest BCUT2D eigenvalue weighted by molar-refractivity contribution is 0.413. The van der Waals surface area contributed by atoms with E-state index in [-0.39, 0.29) is 5.92 Å². The van der Waals surface area contributed by atoms with Gasteiger partial charge in [0.1, 0.15) is 0 Å². The van der Waals surface area contributed by atoms with Crippen LogP contribution in [0.2, 0.25) is 0 Å². The zero-order chi connectivity index (χ0) is 16.9. The third-order valence-corrected chi connectivity index (χ3v) is 4.10. The molecule has 0 aliphatic heterocycles. The molecule has 1 unspecified atom stereocenters. The van der Waals surface area contributed by atoms with Gasteiger partial charge in [-0.15, -0.1) is 18.9 Å². The fourth-order valence-electron chi connectivity index (χ4n) is 3.08. The number of allylic oxidation sites excluding steroid dienone is 1. The molecule has 0 radical (unpaired) electrons. The van der Waals surface area contributed by atoms with Gasteiger partial charge in [-0.05, 0) is 23.3 Å². The summed E-state index contributed by atoms with van der Waals surface area (Å²) in [6.07, 6.45) is 6.21. The fourth-order valence-corrected chi connectivity index (χ4v) is 3.08. The lowest BCUT2D eigenvalue weighted by Gasteiger charge is -2.29. The highest BCUT2D eigenvalue weighted by Crippen LogP contribution is 2.44. The average molecular weight is 298 g/mol. The number of terminal acetylenes is 1. The van der Waals surface area contributed by atoms with Crippen molar-refractivity contribution in [3.05, 3.63) is 60.2 Å². The summed E-state index contributed by atoms with van der Waals surface area (Å²) in [7, 11) is 0. The Morgan fingerprint density at radius 2 is 1.83 bits per heavy atom. The quantitative estimate of drug-likeness (QED) is 0.579. The SMILES string of the molecule is C#CCC(c1cccc2ccccc12)C(C#N)(C#N)CC(=C)C. The number of rotatable bonds is 5. The first-order valence-electron chi connectivity index (χ1n) is 7.46. The van der Waals surface area contributed by atoms with Crippen LogP contribution >= 0.6 is 0 Å². The summed E-state index contributed by atoms with van der Waals surface area (Å²) in [5, 5.41) is 21.7. The van der Waals surface area contributed by atoms with Gasteiger partial charge in [0, 0.05) is 18.8 Å². The predicted octanol–water partition coefficient (Wildman–Crippen LogP) is 4.95.